The minimum Gasteiger partial charge on any atom is -0.279 e. The molecule has 7 heteroatoms. The van der Waals surface area contributed by atoms with E-state index in [2.05, 4.69) is 20.7 Å². The molecular formula is C13H10BrCl2NO2S. The molecular weight excluding hydrogens is 385 g/mol. The van der Waals surface area contributed by atoms with Gasteiger partial charge in [-0.1, -0.05) is 41.4 Å². The smallest absolute Gasteiger partial charge is 0.263 e. The first-order valence-electron chi connectivity index (χ1n) is 5.54. The van der Waals surface area contributed by atoms with Crippen molar-refractivity contribution in [3.8, 4) is 0 Å². The van der Waals surface area contributed by atoms with Gasteiger partial charge in [0.15, 0.2) is 0 Å². The first-order valence-corrected chi connectivity index (χ1v) is 8.57. The van der Waals surface area contributed by atoms with Crippen LogP contribution in [0.4, 0.5) is 5.69 Å². The van der Waals surface area contributed by atoms with Crippen LogP contribution in [0.3, 0.4) is 0 Å². The van der Waals surface area contributed by atoms with Crippen molar-refractivity contribution in [3.05, 3.63) is 56.5 Å². The Morgan fingerprint density at radius 1 is 1.10 bits per heavy atom. The minimum absolute atomic E-state index is 0.0372. The fourth-order valence-electron chi connectivity index (χ4n) is 1.60. The van der Waals surface area contributed by atoms with Crippen LogP contribution in [0.25, 0.3) is 0 Å². The van der Waals surface area contributed by atoms with Crippen LogP contribution in [-0.4, -0.2) is 8.42 Å². The molecule has 0 spiro atoms. The molecule has 0 aliphatic rings. The molecule has 0 saturated heterocycles. The van der Waals surface area contributed by atoms with Crippen molar-refractivity contribution in [2.75, 3.05) is 4.72 Å². The van der Waals surface area contributed by atoms with Gasteiger partial charge in [0.2, 0.25) is 0 Å². The van der Waals surface area contributed by atoms with Crippen LogP contribution in [0, 0.1) is 6.92 Å². The quantitative estimate of drug-likeness (QED) is 0.755. The number of para-hydroxylation sites is 1. The van der Waals surface area contributed by atoms with E-state index in [1.54, 1.807) is 12.1 Å². The number of rotatable bonds is 3. The van der Waals surface area contributed by atoms with Crippen molar-refractivity contribution in [1.29, 1.82) is 0 Å². The van der Waals surface area contributed by atoms with Gasteiger partial charge in [0.25, 0.3) is 10.0 Å². The Balaban J connectivity index is 2.47. The van der Waals surface area contributed by atoms with Crippen LogP contribution in [-0.2, 0) is 10.0 Å². The second-order valence-corrected chi connectivity index (χ2v) is 7.44. The summed E-state index contributed by atoms with van der Waals surface area (Å²) in [5, 5.41) is 0.466. The van der Waals surface area contributed by atoms with E-state index in [-0.39, 0.29) is 14.9 Å². The standard InChI is InChI=1S/C13H10BrCl2NO2S/c1-8-4-2-3-5-12(8)17-20(18,19)13-7-11(16)10(15)6-9(13)14/h2-7,17H,1H3. The van der Waals surface area contributed by atoms with Crippen LogP contribution in [0.1, 0.15) is 5.56 Å². The van der Waals surface area contributed by atoms with E-state index in [4.69, 9.17) is 23.2 Å². The summed E-state index contributed by atoms with van der Waals surface area (Å²) in [4.78, 5) is 0.0372. The molecule has 106 valence electrons. The number of sulfonamides is 1. The van der Waals surface area contributed by atoms with Crippen molar-refractivity contribution in [1.82, 2.24) is 0 Å². The van der Waals surface area contributed by atoms with Gasteiger partial charge in [0.1, 0.15) is 4.90 Å². The topological polar surface area (TPSA) is 46.2 Å². The van der Waals surface area contributed by atoms with Crippen LogP contribution in [0.15, 0.2) is 45.8 Å². The summed E-state index contributed by atoms with van der Waals surface area (Å²) in [5.41, 5.74) is 1.35. The summed E-state index contributed by atoms with van der Waals surface area (Å²) >= 11 is 14.9. The Morgan fingerprint density at radius 3 is 2.35 bits per heavy atom. The Kier molecular flexibility index (Phi) is 4.64. The molecule has 2 rings (SSSR count). The van der Waals surface area contributed by atoms with Crippen molar-refractivity contribution in [3.63, 3.8) is 0 Å². The molecule has 0 amide bonds. The molecule has 1 N–H and O–H groups in total. The highest BCUT2D eigenvalue weighted by molar-refractivity contribution is 9.10. The highest BCUT2D eigenvalue weighted by Crippen LogP contribution is 2.33. The van der Waals surface area contributed by atoms with Crippen molar-refractivity contribution in [2.45, 2.75) is 11.8 Å². The fraction of sp³-hybridized carbons (Fsp3) is 0.0769. The lowest BCUT2D eigenvalue weighted by atomic mass is 10.2. The van der Waals surface area contributed by atoms with Crippen LogP contribution < -0.4 is 4.72 Å². The lowest BCUT2D eigenvalue weighted by molar-refractivity contribution is 0.600. The van der Waals surface area contributed by atoms with Crippen LogP contribution in [0.2, 0.25) is 10.0 Å². The van der Waals surface area contributed by atoms with Crippen molar-refractivity contribution < 1.29 is 8.42 Å². The molecule has 3 nitrogen and oxygen atoms in total. The number of hydrogen-bond donors (Lipinski definition) is 1. The molecule has 0 saturated carbocycles. The summed E-state index contributed by atoms with van der Waals surface area (Å²) in [6.45, 7) is 1.82. The minimum atomic E-state index is -3.75. The van der Waals surface area contributed by atoms with Gasteiger partial charge >= 0.3 is 0 Å². The summed E-state index contributed by atoms with van der Waals surface area (Å²) in [5.74, 6) is 0. The first kappa shape index (κ1) is 15.6. The van der Waals surface area contributed by atoms with Gasteiger partial charge in [0.05, 0.1) is 15.7 Å². The van der Waals surface area contributed by atoms with Gasteiger partial charge in [-0.15, -0.1) is 0 Å². The Bertz CT molecular complexity index is 763. The third-order valence-corrected chi connectivity index (χ3v) is 5.70. The second kappa shape index (κ2) is 5.93. The zero-order valence-corrected chi connectivity index (χ0v) is 14.2. The molecule has 0 aromatic heterocycles. The lowest BCUT2D eigenvalue weighted by Crippen LogP contribution is -2.14. The fourth-order valence-corrected chi connectivity index (χ4v) is 4.32. The molecule has 0 heterocycles. The maximum Gasteiger partial charge on any atom is 0.263 e. The van der Waals surface area contributed by atoms with E-state index in [0.717, 1.165) is 5.56 Å². The molecule has 0 aliphatic heterocycles. The van der Waals surface area contributed by atoms with E-state index in [9.17, 15) is 8.42 Å². The van der Waals surface area contributed by atoms with Gasteiger partial charge in [0, 0.05) is 4.47 Å². The molecule has 0 atom stereocenters. The molecule has 20 heavy (non-hydrogen) atoms. The maximum absolute atomic E-state index is 12.4. The average molecular weight is 395 g/mol. The van der Waals surface area contributed by atoms with Gasteiger partial charge < -0.3 is 0 Å². The highest BCUT2D eigenvalue weighted by Gasteiger charge is 2.20. The number of halogens is 3. The van der Waals surface area contributed by atoms with E-state index in [0.29, 0.717) is 10.2 Å². The van der Waals surface area contributed by atoms with Crippen LogP contribution >= 0.6 is 39.1 Å². The first-order chi connectivity index (χ1) is 9.31. The largest absolute Gasteiger partial charge is 0.279 e. The molecule has 0 radical (unpaired) electrons. The van der Waals surface area contributed by atoms with E-state index in [1.165, 1.54) is 12.1 Å². The van der Waals surface area contributed by atoms with E-state index in [1.807, 2.05) is 19.1 Å². The monoisotopic (exact) mass is 393 g/mol. The third-order valence-electron chi connectivity index (χ3n) is 2.65. The number of hydrogen-bond acceptors (Lipinski definition) is 2. The second-order valence-electron chi connectivity index (χ2n) is 4.12. The Hall–Kier alpha value is -0.750. The molecule has 0 unspecified atom stereocenters. The van der Waals surface area contributed by atoms with Crippen LogP contribution in [0.5, 0.6) is 0 Å². The number of aryl methyl sites for hydroxylation is 1. The summed E-state index contributed by atoms with van der Waals surface area (Å²) in [6.07, 6.45) is 0. The number of benzene rings is 2. The summed E-state index contributed by atoms with van der Waals surface area (Å²) in [6, 6.07) is 9.88. The van der Waals surface area contributed by atoms with Crippen molar-refractivity contribution >= 4 is 54.8 Å². The van der Waals surface area contributed by atoms with Gasteiger partial charge in [-0.3, -0.25) is 4.72 Å². The molecule has 2 aromatic carbocycles. The van der Waals surface area contributed by atoms with E-state index < -0.39 is 10.0 Å². The number of anilines is 1. The lowest BCUT2D eigenvalue weighted by Gasteiger charge is -2.12. The number of nitrogens with one attached hydrogen (secondary N) is 1. The zero-order chi connectivity index (χ0) is 14.9. The molecule has 0 bridgehead atoms. The summed E-state index contributed by atoms with van der Waals surface area (Å²) < 4.78 is 27.7. The zero-order valence-electron chi connectivity index (χ0n) is 10.3. The Labute approximate surface area is 136 Å². The third kappa shape index (κ3) is 3.28. The molecule has 0 aliphatic carbocycles. The maximum atomic E-state index is 12.4. The average Bonchev–Trinajstić information content (AvgIpc) is 2.36. The SMILES string of the molecule is Cc1ccccc1NS(=O)(=O)c1cc(Cl)c(Cl)cc1Br. The predicted molar refractivity (Wildman–Crippen MR) is 86.1 cm³/mol. The molecule has 2 aromatic rings. The highest BCUT2D eigenvalue weighted by atomic mass is 79.9. The van der Waals surface area contributed by atoms with Crippen molar-refractivity contribution in [2.24, 2.45) is 0 Å². The van der Waals surface area contributed by atoms with Gasteiger partial charge in [-0.2, -0.15) is 0 Å². The van der Waals surface area contributed by atoms with Gasteiger partial charge in [-0.25, -0.2) is 8.42 Å². The molecule has 0 fully saturated rings. The van der Waals surface area contributed by atoms with E-state index >= 15 is 0 Å². The summed E-state index contributed by atoms with van der Waals surface area (Å²) in [7, 11) is -3.75. The predicted octanol–water partition coefficient (Wildman–Crippen LogP) is 4.87. The van der Waals surface area contributed by atoms with Gasteiger partial charge in [-0.05, 0) is 46.6 Å². The normalized spacial score (nSPS) is 11.4. The Morgan fingerprint density at radius 2 is 1.70 bits per heavy atom.